The largest absolute Gasteiger partial charge is 0.457 e. The zero-order valence-electron chi connectivity index (χ0n) is 18.2. The first-order valence-electron chi connectivity index (χ1n) is 11.0. The van der Waals surface area contributed by atoms with Crippen molar-refractivity contribution in [3.05, 3.63) is 58.1 Å². The van der Waals surface area contributed by atoms with Gasteiger partial charge in [0.15, 0.2) is 0 Å². The molecule has 172 valence electrons. The Kier molecular flexibility index (Phi) is 6.19. The summed E-state index contributed by atoms with van der Waals surface area (Å²) >= 11 is 6.13. The normalized spacial score (nSPS) is 24.9. The van der Waals surface area contributed by atoms with Crippen LogP contribution in [-0.4, -0.2) is 12.1 Å². The second kappa shape index (κ2) is 8.62. The minimum absolute atomic E-state index is 0.0396. The Labute approximate surface area is 191 Å². The molecule has 1 atom stereocenters. The lowest BCUT2D eigenvalue weighted by molar-refractivity contribution is -0.258. The summed E-state index contributed by atoms with van der Waals surface area (Å²) in [6.07, 6.45) is -2.23. The topological polar surface area (TPSA) is 38.3 Å². The van der Waals surface area contributed by atoms with Crippen LogP contribution in [0.5, 0.6) is 11.5 Å². The van der Waals surface area contributed by atoms with Gasteiger partial charge >= 0.3 is 6.18 Å². The number of alkyl halides is 3. The van der Waals surface area contributed by atoms with Crippen LogP contribution in [0, 0.1) is 31.1 Å². The van der Waals surface area contributed by atoms with Crippen molar-refractivity contribution in [3.8, 4) is 11.5 Å². The van der Waals surface area contributed by atoms with E-state index in [2.05, 4.69) is 5.32 Å². The molecule has 3 aliphatic carbocycles. The first-order valence-corrected chi connectivity index (χ1v) is 11.4. The number of ether oxygens (including phenoxy) is 1. The summed E-state index contributed by atoms with van der Waals surface area (Å²) in [5.74, 6) is -0.569. The smallest absolute Gasteiger partial charge is 0.403 e. The molecular weight excluding hydrogens is 439 g/mol. The number of fused-ring (bicyclic) bond motifs is 3. The van der Waals surface area contributed by atoms with Gasteiger partial charge in [-0.1, -0.05) is 30.5 Å². The summed E-state index contributed by atoms with van der Waals surface area (Å²) in [6, 6.07) is 10.6. The fourth-order valence-corrected chi connectivity index (χ4v) is 5.45. The third kappa shape index (κ3) is 4.21. The van der Waals surface area contributed by atoms with Crippen molar-refractivity contribution in [3.63, 3.8) is 0 Å². The highest BCUT2D eigenvalue weighted by molar-refractivity contribution is 6.30. The van der Waals surface area contributed by atoms with Gasteiger partial charge in [0.05, 0.1) is 0 Å². The molecule has 32 heavy (non-hydrogen) atoms. The first-order chi connectivity index (χ1) is 15.1. The highest BCUT2D eigenvalue weighted by Crippen LogP contribution is 2.59. The van der Waals surface area contributed by atoms with Crippen molar-refractivity contribution < 1.29 is 22.7 Å². The molecule has 0 radical (unpaired) electrons. The molecule has 1 unspecified atom stereocenters. The van der Waals surface area contributed by atoms with Crippen LogP contribution in [0.4, 0.5) is 13.2 Å². The van der Waals surface area contributed by atoms with E-state index in [4.69, 9.17) is 16.3 Å². The number of carbonyl (C=O) groups is 1. The third-order valence-corrected chi connectivity index (χ3v) is 7.47. The number of carbonyl (C=O) groups excluding carboxylic acids is 1. The Hall–Kier alpha value is -2.21. The van der Waals surface area contributed by atoms with E-state index < -0.39 is 23.4 Å². The van der Waals surface area contributed by atoms with Gasteiger partial charge in [0, 0.05) is 17.1 Å². The van der Waals surface area contributed by atoms with E-state index in [0.717, 1.165) is 24.0 Å². The van der Waals surface area contributed by atoms with Gasteiger partial charge in [-0.15, -0.1) is 0 Å². The van der Waals surface area contributed by atoms with E-state index in [0.29, 0.717) is 34.9 Å². The van der Waals surface area contributed by atoms with E-state index in [9.17, 15) is 18.0 Å². The van der Waals surface area contributed by atoms with Gasteiger partial charge in [0.2, 0.25) is 5.91 Å². The minimum atomic E-state index is -4.58. The molecule has 0 spiro atoms. The molecule has 0 aromatic heterocycles. The summed E-state index contributed by atoms with van der Waals surface area (Å²) in [4.78, 5) is 13.1. The van der Waals surface area contributed by atoms with Gasteiger partial charge in [-0.3, -0.25) is 4.79 Å². The number of halogens is 4. The monoisotopic (exact) mass is 465 g/mol. The molecule has 3 nitrogen and oxygen atoms in total. The van der Waals surface area contributed by atoms with Crippen molar-refractivity contribution in [2.24, 2.45) is 17.3 Å². The van der Waals surface area contributed by atoms with Crippen LogP contribution in [0.25, 0.3) is 0 Å². The average molecular weight is 466 g/mol. The van der Waals surface area contributed by atoms with Gasteiger partial charge in [0.25, 0.3) is 0 Å². The lowest BCUT2D eigenvalue weighted by Crippen LogP contribution is -2.59. The molecule has 0 heterocycles. The van der Waals surface area contributed by atoms with Crippen molar-refractivity contribution >= 4 is 17.5 Å². The number of benzene rings is 2. The average Bonchev–Trinajstić information content (AvgIpc) is 2.76. The second-order valence-corrected chi connectivity index (χ2v) is 9.61. The van der Waals surface area contributed by atoms with Crippen molar-refractivity contribution in [1.82, 2.24) is 5.32 Å². The van der Waals surface area contributed by atoms with Gasteiger partial charge in [-0.25, -0.2) is 0 Å². The molecular formula is C25H27ClF3NO2. The highest BCUT2D eigenvalue weighted by atomic mass is 35.5. The maximum Gasteiger partial charge on any atom is 0.403 e. The summed E-state index contributed by atoms with van der Waals surface area (Å²) < 4.78 is 48.7. The molecule has 0 saturated heterocycles. The Balaban J connectivity index is 1.56. The maximum absolute atomic E-state index is 14.2. The lowest BCUT2D eigenvalue weighted by atomic mass is 9.55. The molecule has 2 aromatic rings. The number of aryl methyl sites for hydroxylation is 2. The van der Waals surface area contributed by atoms with Crippen molar-refractivity contribution in [1.29, 1.82) is 0 Å². The Morgan fingerprint density at radius 3 is 2.41 bits per heavy atom. The van der Waals surface area contributed by atoms with Gasteiger partial charge in [-0.05, 0) is 86.4 Å². The van der Waals surface area contributed by atoms with Crippen LogP contribution in [0.15, 0.2) is 36.4 Å². The fraction of sp³-hybridized carbons (Fsp3) is 0.480. The summed E-state index contributed by atoms with van der Waals surface area (Å²) in [5, 5.41) is 3.00. The quantitative estimate of drug-likeness (QED) is 0.510. The van der Waals surface area contributed by atoms with Crippen LogP contribution >= 0.6 is 11.6 Å². The zero-order chi connectivity index (χ0) is 23.1. The van der Waals surface area contributed by atoms with Gasteiger partial charge < -0.3 is 10.1 Å². The molecule has 3 fully saturated rings. The Morgan fingerprint density at radius 2 is 1.81 bits per heavy atom. The summed E-state index contributed by atoms with van der Waals surface area (Å²) in [6.45, 7) is 3.88. The van der Waals surface area contributed by atoms with Crippen LogP contribution in [0.1, 0.15) is 48.8 Å². The molecule has 3 saturated carbocycles. The summed E-state index contributed by atoms with van der Waals surface area (Å²) in [5.41, 5.74) is 0.412. The number of rotatable bonds is 5. The standard InChI is InChI=1S/C25H27ClF3NO2/c1-15-3-9-21(11-16(15)2)32-22-10-8-20(26)12-18(22)14-30-23(31)24(25(27,28)29)13-17-4-6-19(24)7-5-17/h3,8-12,17,19H,4-7,13-14H2,1-2H3,(H,30,31). The molecule has 2 aromatic carbocycles. The van der Waals surface area contributed by atoms with E-state index in [1.807, 2.05) is 32.0 Å². The van der Waals surface area contributed by atoms with E-state index >= 15 is 0 Å². The first kappa shape index (κ1) is 23.0. The predicted molar refractivity (Wildman–Crippen MR) is 118 cm³/mol. The Morgan fingerprint density at radius 1 is 1.09 bits per heavy atom. The number of amides is 1. The van der Waals surface area contributed by atoms with E-state index in [1.54, 1.807) is 18.2 Å². The maximum atomic E-state index is 14.2. The molecule has 3 aliphatic rings. The Bertz CT molecular complexity index is 1010. The lowest BCUT2D eigenvalue weighted by Gasteiger charge is -2.50. The zero-order valence-corrected chi connectivity index (χ0v) is 18.9. The van der Waals surface area contributed by atoms with Gasteiger partial charge in [-0.2, -0.15) is 13.2 Å². The summed E-state index contributed by atoms with van der Waals surface area (Å²) in [7, 11) is 0. The van der Waals surface area contributed by atoms with Crippen LogP contribution in [0.2, 0.25) is 5.02 Å². The minimum Gasteiger partial charge on any atom is -0.457 e. The van der Waals surface area contributed by atoms with Crippen LogP contribution in [-0.2, 0) is 11.3 Å². The highest BCUT2D eigenvalue weighted by Gasteiger charge is 2.67. The SMILES string of the molecule is Cc1ccc(Oc2ccc(Cl)cc2CNC(=O)C2(C(F)(F)F)CC3CCC2CC3)cc1C. The number of hydrogen-bond donors (Lipinski definition) is 1. The number of hydrogen-bond acceptors (Lipinski definition) is 2. The second-order valence-electron chi connectivity index (χ2n) is 9.17. The predicted octanol–water partition coefficient (Wildman–Crippen LogP) is 7.12. The molecule has 5 rings (SSSR count). The van der Waals surface area contributed by atoms with Crippen LogP contribution in [0.3, 0.4) is 0 Å². The molecule has 0 aliphatic heterocycles. The van der Waals surface area contributed by atoms with Crippen molar-refractivity contribution in [2.75, 3.05) is 0 Å². The molecule has 2 bridgehead atoms. The van der Waals surface area contributed by atoms with E-state index in [-0.39, 0.29) is 18.9 Å². The van der Waals surface area contributed by atoms with Crippen molar-refractivity contribution in [2.45, 2.75) is 58.7 Å². The fourth-order valence-electron chi connectivity index (χ4n) is 5.26. The molecule has 7 heteroatoms. The van der Waals surface area contributed by atoms with Gasteiger partial charge in [0.1, 0.15) is 16.9 Å². The molecule has 1 amide bonds. The van der Waals surface area contributed by atoms with Crippen LogP contribution < -0.4 is 10.1 Å². The number of nitrogens with one attached hydrogen (secondary N) is 1. The van der Waals surface area contributed by atoms with E-state index in [1.165, 1.54) is 0 Å². The molecule has 1 N–H and O–H groups in total. The third-order valence-electron chi connectivity index (χ3n) is 7.23.